The molecule has 0 aliphatic rings. The second kappa shape index (κ2) is 6.08. The first kappa shape index (κ1) is 15.0. The van der Waals surface area contributed by atoms with Crippen molar-refractivity contribution in [3.05, 3.63) is 71.1 Å². The van der Waals surface area contributed by atoms with Crippen LogP contribution in [0.15, 0.2) is 52.9 Å². The minimum absolute atomic E-state index is 0.198. The number of aromatic nitrogens is 1. The van der Waals surface area contributed by atoms with Crippen LogP contribution in [0.2, 0.25) is 0 Å². The number of oxazole rings is 1. The summed E-state index contributed by atoms with van der Waals surface area (Å²) in [7, 11) is 0. The van der Waals surface area contributed by atoms with Crippen molar-refractivity contribution in [2.24, 2.45) is 0 Å². The molecule has 4 nitrogen and oxygen atoms in total. The Bertz CT molecular complexity index is 850. The van der Waals surface area contributed by atoms with Gasteiger partial charge in [-0.1, -0.05) is 35.9 Å². The maximum Gasteiger partial charge on any atom is 0.366 e. The van der Waals surface area contributed by atoms with Crippen LogP contribution in [0.5, 0.6) is 5.75 Å². The summed E-state index contributed by atoms with van der Waals surface area (Å²) in [5.41, 5.74) is 3.04. The predicted octanol–water partition coefficient (Wildman–Crippen LogP) is 4.49. The second-order valence-electron chi connectivity index (χ2n) is 5.45. The van der Waals surface area contributed by atoms with Gasteiger partial charge in [-0.05, 0) is 44.5 Å². The predicted molar refractivity (Wildman–Crippen MR) is 87.6 cm³/mol. The highest BCUT2D eigenvalue weighted by molar-refractivity contribution is 5.90. The van der Waals surface area contributed by atoms with Crippen molar-refractivity contribution >= 4 is 5.97 Å². The first-order chi connectivity index (χ1) is 11.0. The van der Waals surface area contributed by atoms with Crippen molar-refractivity contribution in [2.45, 2.75) is 20.8 Å². The molecule has 0 fully saturated rings. The smallest absolute Gasteiger partial charge is 0.366 e. The van der Waals surface area contributed by atoms with Crippen LogP contribution in [-0.2, 0) is 0 Å². The second-order valence-corrected chi connectivity index (χ2v) is 5.45. The minimum Gasteiger partial charge on any atom is -0.441 e. The third kappa shape index (κ3) is 3.16. The van der Waals surface area contributed by atoms with Crippen molar-refractivity contribution in [3.8, 4) is 17.2 Å². The number of carbonyl (C=O) groups is 1. The van der Waals surface area contributed by atoms with Crippen molar-refractivity contribution in [1.29, 1.82) is 0 Å². The summed E-state index contributed by atoms with van der Waals surface area (Å²) in [5.74, 6) is 0.874. The normalized spacial score (nSPS) is 10.6. The van der Waals surface area contributed by atoms with Gasteiger partial charge < -0.3 is 9.15 Å². The molecule has 0 amide bonds. The molecule has 0 bridgehead atoms. The van der Waals surface area contributed by atoms with E-state index in [0.717, 1.165) is 16.7 Å². The maximum absolute atomic E-state index is 12.4. The lowest BCUT2D eigenvalue weighted by Crippen LogP contribution is -2.11. The average molecular weight is 307 g/mol. The third-order valence-corrected chi connectivity index (χ3v) is 3.54. The molecule has 0 N–H and O–H groups in total. The summed E-state index contributed by atoms with van der Waals surface area (Å²) < 4.78 is 11.1. The summed E-state index contributed by atoms with van der Waals surface area (Å²) >= 11 is 0. The first-order valence-corrected chi connectivity index (χ1v) is 7.37. The number of esters is 1. The number of hydrogen-bond acceptors (Lipinski definition) is 4. The highest BCUT2D eigenvalue weighted by Gasteiger charge is 2.20. The van der Waals surface area contributed by atoms with E-state index in [1.165, 1.54) is 0 Å². The van der Waals surface area contributed by atoms with E-state index in [2.05, 4.69) is 4.98 Å². The summed E-state index contributed by atoms with van der Waals surface area (Å²) in [4.78, 5) is 16.7. The number of hydrogen-bond donors (Lipinski definition) is 0. The Labute approximate surface area is 134 Å². The van der Waals surface area contributed by atoms with Gasteiger partial charge in [0.05, 0.1) is 0 Å². The molecule has 0 radical (unpaired) electrons. The molecule has 0 spiro atoms. The summed E-state index contributed by atoms with van der Waals surface area (Å²) in [6.07, 6.45) is 0. The SMILES string of the molecule is Cc1ccc(OC(=O)c2nc(-c3ccccc3)oc2C)c(C)c1. The van der Waals surface area contributed by atoms with Gasteiger partial charge in [0.25, 0.3) is 0 Å². The van der Waals surface area contributed by atoms with Gasteiger partial charge in [0.1, 0.15) is 11.5 Å². The van der Waals surface area contributed by atoms with Gasteiger partial charge in [-0.25, -0.2) is 9.78 Å². The van der Waals surface area contributed by atoms with Gasteiger partial charge in [0, 0.05) is 5.56 Å². The molecule has 23 heavy (non-hydrogen) atoms. The Kier molecular flexibility index (Phi) is 3.98. The lowest BCUT2D eigenvalue weighted by atomic mass is 10.1. The van der Waals surface area contributed by atoms with E-state index in [1.807, 2.05) is 56.3 Å². The number of nitrogens with zero attached hydrogens (tertiary/aromatic N) is 1. The quantitative estimate of drug-likeness (QED) is 0.528. The van der Waals surface area contributed by atoms with E-state index in [9.17, 15) is 4.79 Å². The zero-order valence-electron chi connectivity index (χ0n) is 13.3. The molecular formula is C19H17NO3. The summed E-state index contributed by atoms with van der Waals surface area (Å²) in [5, 5.41) is 0. The number of aryl methyl sites for hydroxylation is 3. The fourth-order valence-corrected chi connectivity index (χ4v) is 2.35. The molecule has 3 aromatic rings. The molecule has 0 atom stereocenters. The van der Waals surface area contributed by atoms with E-state index in [4.69, 9.17) is 9.15 Å². The molecule has 0 unspecified atom stereocenters. The molecule has 0 aliphatic heterocycles. The van der Waals surface area contributed by atoms with Gasteiger partial charge in [-0.3, -0.25) is 0 Å². The van der Waals surface area contributed by atoms with Gasteiger partial charge >= 0.3 is 5.97 Å². The molecule has 3 rings (SSSR count). The highest BCUT2D eigenvalue weighted by Crippen LogP contribution is 2.24. The molecule has 2 aromatic carbocycles. The molecular weight excluding hydrogens is 290 g/mol. The van der Waals surface area contributed by atoms with Gasteiger partial charge in [0.15, 0.2) is 5.69 Å². The Hall–Kier alpha value is -2.88. The van der Waals surface area contributed by atoms with Crippen molar-refractivity contribution < 1.29 is 13.9 Å². The van der Waals surface area contributed by atoms with Crippen molar-refractivity contribution in [2.75, 3.05) is 0 Å². The van der Waals surface area contributed by atoms with Crippen LogP contribution < -0.4 is 4.74 Å². The minimum atomic E-state index is -0.514. The van der Waals surface area contributed by atoms with Crippen LogP contribution in [0.3, 0.4) is 0 Å². The van der Waals surface area contributed by atoms with Crippen LogP contribution >= 0.6 is 0 Å². The van der Waals surface area contributed by atoms with E-state index in [-0.39, 0.29) is 5.69 Å². The van der Waals surface area contributed by atoms with Crippen molar-refractivity contribution in [3.63, 3.8) is 0 Å². The molecule has 0 saturated heterocycles. The Morgan fingerprint density at radius 1 is 1.04 bits per heavy atom. The van der Waals surface area contributed by atoms with E-state index in [0.29, 0.717) is 17.4 Å². The largest absolute Gasteiger partial charge is 0.441 e. The van der Waals surface area contributed by atoms with Crippen LogP contribution in [0.25, 0.3) is 11.5 Å². The number of benzene rings is 2. The fraction of sp³-hybridized carbons (Fsp3) is 0.158. The standard InChI is InChI=1S/C19H17NO3/c1-12-9-10-16(13(2)11-12)23-19(21)17-14(3)22-18(20-17)15-7-5-4-6-8-15/h4-11H,1-3H3. The molecule has 0 saturated carbocycles. The van der Waals surface area contributed by atoms with E-state index >= 15 is 0 Å². The van der Waals surface area contributed by atoms with Crippen LogP contribution in [0.1, 0.15) is 27.4 Å². The number of rotatable bonds is 3. The Balaban J connectivity index is 1.87. The zero-order chi connectivity index (χ0) is 16.4. The first-order valence-electron chi connectivity index (χ1n) is 7.37. The molecule has 1 heterocycles. The van der Waals surface area contributed by atoms with Gasteiger partial charge in [-0.2, -0.15) is 0 Å². The molecule has 1 aromatic heterocycles. The van der Waals surface area contributed by atoms with E-state index in [1.54, 1.807) is 13.0 Å². The van der Waals surface area contributed by atoms with Crippen LogP contribution in [0.4, 0.5) is 0 Å². The Morgan fingerprint density at radius 3 is 2.48 bits per heavy atom. The lowest BCUT2D eigenvalue weighted by molar-refractivity contribution is 0.0726. The van der Waals surface area contributed by atoms with Gasteiger partial charge in [-0.15, -0.1) is 0 Å². The maximum atomic E-state index is 12.4. The molecule has 0 aliphatic carbocycles. The zero-order valence-corrected chi connectivity index (χ0v) is 13.3. The Morgan fingerprint density at radius 2 is 1.78 bits per heavy atom. The van der Waals surface area contributed by atoms with Crippen LogP contribution in [-0.4, -0.2) is 11.0 Å². The van der Waals surface area contributed by atoms with Gasteiger partial charge in [0.2, 0.25) is 5.89 Å². The summed E-state index contributed by atoms with van der Waals surface area (Å²) in [6, 6.07) is 15.1. The van der Waals surface area contributed by atoms with Crippen molar-refractivity contribution in [1.82, 2.24) is 4.98 Å². The van der Waals surface area contributed by atoms with Crippen LogP contribution in [0, 0.1) is 20.8 Å². The number of carbonyl (C=O) groups excluding carboxylic acids is 1. The number of ether oxygens (including phenoxy) is 1. The summed E-state index contributed by atoms with van der Waals surface area (Å²) in [6.45, 7) is 5.60. The average Bonchev–Trinajstić information content (AvgIpc) is 2.93. The monoisotopic (exact) mass is 307 g/mol. The lowest BCUT2D eigenvalue weighted by Gasteiger charge is -2.06. The molecule has 4 heteroatoms. The topological polar surface area (TPSA) is 52.3 Å². The van der Waals surface area contributed by atoms with E-state index < -0.39 is 5.97 Å². The molecule has 116 valence electrons. The third-order valence-electron chi connectivity index (χ3n) is 3.54. The highest BCUT2D eigenvalue weighted by atomic mass is 16.5. The fourth-order valence-electron chi connectivity index (χ4n) is 2.35.